The van der Waals surface area contributed by atoms with Crippen LogP contribution in [0.15, 0.2) is 42.6 Å². The summed E-state index contributed by atoms with van der Waals surface area (Å²) in [5, 5.41) is 9.12. The molecule has 0 unspecified atom stereocenters. The summed E-state index contributed by atoms with van der Waals surface area (Å²) in [5.74, 6) is -1.40. The Balaban J connectivity index is 2.15. The number of amides is 1. The Morgan fingerprint density at radius 2 is 2.16 bits per heavy atom. The van der Waals surface area contributed by atoms with E-state index in [9.17, 15) is 9.18 Å². The number of rotatable bonds is 3. The third kappa shape index (κ3) is 3.07. The van der Waals surface area contributed by atoms with Crippen LogP contribution in [0.3, 0.4) is 0 Å². The highest BCUT2D eigenvalue weighted by Crippen LogP contribution is 2.17. The normalized spacial score (nSPS) is 10.2. The molecule has 1 amide bonds. The zero-order valence-electron chi connectivity index (χ0n) is 10.4. The van der Waals surface area contributed by atoms with Crippen LogP contribution in [0.5, 0.6) is 5.75 Å². The first-order valence-corrected chi connectivity index (χ1v) is 5.72. The van der Waals surface area contributed by atoms with Crippen LogP contribution >= 0.6 is 0 Å². The van der Waals surface area contributed by atoms with E-state index < -0.39 is 11.7 Å². The summed E-state index contributed by atoms with van der Waals surface area (Å²) >= 11 is 0. The van der Waals surface area contributed by atoms with E-state index in [0.29, 0.717) is 6.54 Å². The summed E-state index contributed by atoms with van der Waals surface area (Å²) in [4.78, 5) is 17.5. The molecule has 98 valence electrons. The number of hydrogen-bond acceptors (Lipinski definition) is 3. The van der Waals surface area contributed by atoms with Gasteiger partial charge in [-0.1, -0.05) is 6.07 Å². The summed E-state index contributed by atoms with van der Waals surface area (Å²) in [6.07, 6.45) is 1.63. The Bertz CT molecular complexity index is 587. The lowest BCUT2D eigenvalue weighted by atomic mass is 10.1. The van der Waals surface area contributed by atoms with E-state index in [1.54, 1.807) is 25.4 Å². The number of phenolic OH excluding ortho intramolecular Hbond substituents is 1. The van der Waals surface area contributed by atoms with E-state index >= 15 is 0 Å². The van der Waals surface area contributed by atoms with Crippen LogP contribution < -0.4 is 0 Å². The van der Waals surface area contributed by atoms with E-state index in [1.165, 1.54) is 17.0 Å². The average Bonchev–Trinajstić information content (AvgIpc) is 2.39. The van der Waals surface area contributed by atoms with Crippen molar-refractivity contribution >= 4 is 5.91 Å². The third-order valence-electron chi connectivity index (χ3n) is 2.66. The van der Waals surface area contributed by atoms with Crippen LogP contribution in [0.4, 0.5) is 4.39 Å². The Labute approximate surface area is 110 Å². The van der Waals surface area contributed by atoms with E-state index in [-0.39, 0.29) is 11.3 Å². The number of carbonyl (C=O) groups is 1. The maximum atomic E-state index is 13.6. The molecule has 2 aromatic rings. The topological polar surface area (TPSA) is 53.4 Å². The number of aromatic hydroxyl groups is 1. The molecule has 0 aliphatic rings. The monoisotopic (exact) mass is 260 g/mol. The Hall–Kier alpha value is -2.43. The average molecular weight is 260 g/mol. The van der Waals surface area contributed by atoms with Crippen molar-refractivity contribution in [1.29, 1.82) is 0 Å². The first kappa shape index (κ1) is 13.0. The summed E-state index contributed by atoms with van der Waals surface area (Å²) in [7, 11) is 1.57. The lowest BCUT2D eigenvalue weighted by Gasteiger charge is -2.17. The summed E-state index contributed by atoms with van der Waals surface area (Å²) in [5.41, 5.74) is 0.647. The molecule has 0 saturated carbocycles. The van der Waals surface area contributed by atoms with Crippen molar-refractivity contribution in [3.05, 3.63) is 59.7 Å². The number of hydrogen-bond donors (Lipinski definition) is 1. The Morgan fingerprint density at radius 3 is 2.79 bits per heavy atom. The van der Waals surface area contributed by atoms with Gasteiger partial charge >= 0.3 is 0 Å². The van der Waals surface area contributed by atoms with Crippen LogP contribution in [0.2, 0.25) is 0 Å². The number of pyridine rings is 1. The zero-order valence-corrected chi connectivity index (χ0v) is 10.4. The van der Waals surface area contributed by atoms with Crippen molar-refractivity contribution in [3.63, 3.8) is 0 Å². The molecule has 1 aromatic heterocycles. The molecule has 1 N–H and O–H groups in total. The van der Waals surface area contributed by atoms with E-state index in [1.807, 2.05) is 6.07 Å². The molecule has 0 aliphatic carbocycles. The quantitative estimate of drug-likeness (QED) is 0.920. The predicted octanol–water partition coefficient (Wildman–Crippen LogP) is 2.20. The van der Waals surface area contributed by atoms with Crippen LogP contribution in [0.1, 0.15) is 16.1 Å². The highest BCUT2D eigenvalue weighted by Gasteiger charge is 2.16. The van der Waals surface area contributed by atoms with Gasteiger partial charge in [0.25, 0.3) is 5.91 Å². The fraction of sp³-hybridized carbons (Fsp3) is 0.143. The van der Waals surface area contributed by atoms with Gasteiger partial charge < -0.3 is 10.0 Å². The molecule has 0 spiro atoms. The number of benzene rings is 1. The van der Waals surface area contributed by atoms with E-state index in [2.05, 4.69) is 4.98 Å². The smallest absolute Gasteiger partial charge is 0.256 e. The standard InChI is InChI=1S/C14H13FN2O2/c1-17(9-10-4-2-3-7-16-10)14(19)12-6-5-11(18)8-13(12)15/h2-8,18H,9H2,1H3. The van der Waals surface area contributed by atoms with Crippen molar-refractivity contribution in [2.45, 2.75) is 6.54 Å². The number of aromatic nitrogens is 1. The minimum Gasteiger partial charge on any atom is -0.508 e. The molecule has 0 bridgehead atoms. The molecule has 1 heterocycles. The zero-order chi connectivity index (χ0) is 13.8. The minimum absolute atomic E-state index is 0.0729. The lowest BCUT2D eigenvalue weighted by molar-refractivity contribution is 0.0778. The van der Waals surface area contributed by atoms with Crippen molar-refractivity contribution in [2.75, 3.05) is 7.05 Å². The summed E-state index contributed by atoms with van der Waals surface area (Å²) in [6, 6.07) is 8.86. The van der Waals surface area contributed by atoms with Crippen LogP contribution in [0.25, 0.3) is 0 Å². The van der Waals surface area contributed by atoms with Gasteiger partial charge in [-0.3, -0.25) is 9.78 Å². The molecule has 0 atom stereocenters. The van der Waals surface area contributed by atoms with E-state index in [4.69, 9.17) is 5.11 Å². The fourth-order valence-electron chi connectivity index (χ4n) is 1.69. The molecule has 2 rings (SSSR count). The molecule has 0 aliphatic heterocycles. The van der Waals surface area contributed by atoms with Gasteiger partial charge in [-0.25, -0.2) is 4.39 Å². The van der Waals surface area contributed by atoms with Crippen molar-refractivity contribution < 1.29 is 14.3 Å². The molecular weight excluding hydrogens is 247 g/mol. The minimum atomic E-state index is -0.738. The molecule has 0 saturated heterocycles. The predicted molar refractivity (Wildman–Crippen MR) is 68.1 cm³/mol. The van der Waals surface area contributed by atoms with Gasteiger partial charge in [-0.05, 0) is 24.3 Å². The summed E-state index contributed by atoms with van der Waals surface area (Å²) in [6.45, 7) is 0.292. The van der Waals surface area contributed by atoms with Crippen LogP contribution in [-0.2, 0) is 6.54 Å². The fourth-order valence-corrected chi connectivity index (χ4v) is 1.69. The maximum Gasteiger partial charge on any atom is 0.256 e. The Kier molecular flexibility index (Phi) is 3.75. The maximum absolute atomic E-state index is 13.6. The summed E-state index contributed by atoms with van der Waals surface area (Å²) < 4.78 is 13.6. The van der Waals surface area contributed by atoms with Crippen LogP contribution in [0, 0.1) is 5.82 Å². The first-order valence-electron chi connectivity index (χ1n) is 5.72. The van der Waals surface area contributed by atoms with Gasteiger partial charge in [0, 0.05) is 19.3 Å². The van der Waals surface area contributed by atoms with E-state index in [0.717, 1.165) is 11.8 Å². The van der Waals surface area contributed by atoms with Gasteiger partial charge in [0.15, 0.2) is 0 Å². The number of halogens is 1. The molecule has 0 fully saturated rings. The molecule has 5 heteroatoms. The van der Waals surface area contributed by atoms with Crippen molar-refractivity contribution in [1.82, 2.24) is 9.88 Å². The third-order valence-corrected chi connectivity index (χ3v) is 2.66. The Morgan fingerprint density at radius 1 is 1.37 bits per heavy atom. The highest BCUT2D eigenvalue weighted by molar-refractivity contribution is 5.94. The van der Waals surface area contributed by atoms with Gasteiger partial charge in [0.05, 0.1) is 17.8 Å². The molecule has 4 nitrogen and oxygen atoms in total. The second-order valence-corrected chi connectivity index (χ2v) is 4.15. The number of carbonyl (C=O) groups excluding carboxylic acids is 1. The van der Waals surface area contributed by atoms with Crippen LogP contribution in [-0.4, -0.2) is 27.9 Å². The molecular formula is C14H13FN2O2. The number of phenols is 1. The largest absolute Gasteiger partial charge is 0.508 e. The SMILES string of the molecule is CN(Cc1ccccn1)C(=O)c1ccc(O)cc1F. The lowest BCUT2D eigenvalue weighted by Crippen LogP contribution is -2.27. The first-order chi connectivity index (χ1) is 9.08. The second-order valence-electron chi connectivity index (χ2n) is 4.15. The van der Waals surface area contributed by atoms with Crippen molar-refractivity contribution in [2.24, 2.45) is 0 Å². The molecule has 0 radical (unpaired) electrons. The second kappa shape index (κ2) is 5.48. The van der Waals surface area contributed by atoms with Gasteiger partial charge in [0.1, 0.15) is 11.6 Å². The van der Waals surface area contributed by atoms with Crippen molar-refractivity contribution in [3.8, 4) is 5.75 Å². The number of nitrogens with zero attached hydrogens (tertiary/aromatic N) is 2. The van der Waals surface area contributed by atoms with Gasteiger partial charge in [-0.2, -0.15) is 0 Å². The molecule has 1 aromatic carbocycles. The van der Waals surface area contributed by atoms with Gasteiger partial charge in [-0.15, -0.1) is 0 Å². The highest BCUT2D eigenvalue weighted by atomic mass is 19.1. The molecule has 19 heavy (non-hydrogen) atoms. The van der Waals surface area contributed by atoms with Gasteiger partial charge in [0.2, 0.25) is 0 Å².